The molecule has 0 amide bonds. The molecule has 0 aromatic rings. The van der Waals surface area contributed by atoms with E-state index in [0.717, 1.165) is 54.8 Å². The Morgan fingerprint density at radius 3 is 2.37 bits per heavy atom. The van der Waals surface area contributed by atoms with Gasteiger partial charge in [0.2, 0.25) is 0 Å². The first-order chi connectivity index (χ1) is 12.6. The zero-order valence-corrected chi connectivity index (χ0v) is 18.3. The standard InChI is InChI=1S/C25H44O2/c1-23(2,26)13-5-6-18-8-10-22-21-9-7-17-16-24(3,27)14-11-19(17)20(21)12-15-25(18,22)4/h17-22,26-27H,5-16H2,1-4H3/t17-,18-,19-,20?,21?,22?,24-,25+/m0/s1. The molecule has 4 aliphatic carbocycles. The molecule has 4 saturated carbocycles. The quantitative estimate of drug-likeness (QED) is 0.636. The van der Waals surface area contributed by atoms with Gasteiger partial charge in [0.25, 0.3) is 0 Å². The first-order valence-electron chi connectivity index (χ1n) is 12.0. The molecule has 4 fully saturated rings. The van der Waals surface area contributed by atoms with Crippen molar-refractivity contribution in [3.05, 3.63) is 0 Å². The SMILES string of the molecule is CC(C)(O)CCC[C@H]1CCC2C3CC[C@H]4C[C@@](C)(O)CC[C@@H]4C3CC[C@@]21C. The Morgan fingerprint density at radius 2 is 1.63 bits per heavy atom. The van der Waals surface area contributed by atoms with Gasteiger partial charge < -0.3 is 10.2 Å². The number of hydrogen-bond acceptors (Lipinski definition) is 2. The first kappa shape index (κ1) is 20.2. The predicted octanol–water partition coefficient (Wildman–Crippen LogP) is 5.95. The molecule has 8 atom stereocenters. The lowest BCUT2D eigenvalue weighted by molar-refractivity contribution is -0.100. The lowest BCUT2D eigenvalue weighted by Gasteiger charge is -2.57. The number of fused-ring (bicyclic) bond motifs is 5. The molecule has 0 heterocycles. The minimum atomic E-state index is -0.503. The summed E-state index contributed by atoms with van der Waals surface area (Å²) in [4.78, 5) is 0. The van der Waals surface area contributed by atoms with E-state index in [1.165, 1.54) is 57.8 Å². The molecule has 27 heavy (non-hydrogen) atoms. The van der Waals surface area contributed by atoms with Crippen molar-refractivity contribution < 1.29 is 10.2 Å². The van der Waals surface area contributed by atoms with Gasteiger partial charge in [-0.3, -0.25) is 0 Å². The topological polar surface area (TPSA) is 40.5 Å². The van der Waals surface area contributed by atoms with Crippen LogP contribution in [0.3, 0.4) is 0 Å². The van der Waals surface area contributed by atoms with Gasteiger partial charge in [0.15, 0.2) is 0 Å². The van der Waals surface area contributed by atoms with Crippen LogP contribution in [0.4, 0.5) is 0 Å². The highest BCUT2D eigenvalue weighted by atomic mass is 16.3. The van der Waals surface area contributed by atoms with Crippen LogP contribution < -0.4 is 0 Å². The van der Waals surface area contributed by atoms with E-state index in [4.69, 9.17) is 0 Å². The maximum atomic E-state index is 10.6. The van der Waals surface area contributed by atoms with E-state index in [2.05, 4.69) is 13.8 Å². The molecule has 156 valence electrons. The summed E-state index contributed by atoms with van der Waals surface area (Å²) >= 11 is 0. The molecule has 4 aliphatic rings. The summed E-state index contributed by atoms with van der Waals surface area (Å²) in [6.07, 6.45) is 15.4. The molecule has 0 aromatic heterocycles. The second-order valence-electron chi connectivity index (χ2n) is 12.2. The zero-order valence-electron chi connectivity index (χ0n) is 18.3. The minimum absolute atomic E-state index is 0.393. The lowest BCUT2D eigenvalue weighted by atomic mass is 9.49. The molecule has 0 aromatic carbocycles. The average Bonchev–Trinajstić information content (AvgIpc) is 2.89. The van der Waals surface area contributed by atoms with Crippen molar-refractivity contribution in [2.45, 2.75) is 116 Å². The highest BCUT2D eigenvalue weighted by Crippen LogP contribution is 2.65. The van der Waals surface area contributed by atoms with Crippen LogP contribution in [0.5, 0.6) is 0 Å². The van der Waals surface area contributed by atoms with Crippen LogP contribution in [0.25, 0.3) is 0 Å². The molecule has 0 aliphatic heterocycles. The van der Waals surface area contributed by atoms with Gasteiger partial charge in [0.05, 0.1) is 11.2 Å². The fraction of sp³-hybridized carbons (Fsp3) is 1.00. The van der Waals surface area contributed by atoms with E-state index in [1.807, 2.05) is 13.8 Å². The first-order valence-corrected chi connectivity index (χ1v) is 12.0. The van der Waals surface area contributed by atoms with Crippen LogP contribution in [0.1, 0.15) is 105 Å². The van der Waals surface area contributed by atoms with E-state index in [1.54, 1.807) is 0 Å². The molecule has 2 N–H and O–H groups in total. The van der Waals surface area contributed by atoms with Crippen LogP contribution in [-0.4, -0.2) is 21.4 Å². The van der Waals surface area contributed by atoms with Crippen molar-refractivity contribution in [3.63, 3.8) is 0 Å². The predicted molar refractivity (Wildman–Crippen MR) is 111 cm³/mol. The van der Waals surface area contributed by atoms with Gasteiger partial charge in [0.1, 0.15) is 0 Å². The summed E-state index contributed by atoms with van der Waals surface area (Å²) in [7, 11) is 0. The zero-order chi connectivity index (χ0) is 19.4. The largest absolute Gasteiger partial charge is 0.390 e. The van der Waals surface area contributed by atoms with Crippen LogP contribution in [0.2, 0.25) is 0 Å². The second-order valence-corrected chi connectivity index (χ2v) is 12.2. The molecule has 2 nitrogen and oxygen atoms in total. The van der Waals surface area contributed by atoms with Crippen molar-refractivity contribution >= 4 is 0 Å². The monoisotopic (exact) mass is 376 g/mol. The van der Waals surface area contributed by atoms with Crippen molar-refractivity contribution in [1.82, 2.24) is 0 Å². The average molecular weight is 377 g/mol. The molecule has 4 rings (SSSR count). The van der Waals surface area contributed by atoms with E-state index in [-0.39, 0.29) is 0 Å². The Balaban J connectivity index is 1.42. The smallest absolute Gasteiger partial charge is 0.0622 e. The molecule has 2 heteroatoms. The third-order valence-corrected chi connectivity index (χ3v) is 9.77. The lowest BCUT2D eigenvalue weighted by Crippen LogP contribution is -2.50. The summed E-state index contributed by atoms with van der Waals surface area (Å²) in [6, 6.07) is 0. The third kappa shape index (κ3) is 3.87. The second kappa shape index (κ2) is 7.01. The molecule has 0 bridgehead atoms. The van der Waals surface area contributed by atoms with Crippen molar-refractivity contribution in [2.75, 3.05) is 0 Å². The summed E-state index contributed by atoms with van der Waals surface area (Å²) in [5.41, 5.74) is -0.332. The summed E-state index contributed by atoms with van der Waals surface area (Å²) in [5, 5.41) is 20.6. The Labute approximate surface area is 167 Å². The van der Waals surface area contributed by atoms with Gasteiger partial charge in [-0.2, -0.15) is 0 Å². The molecule has 3 unspecified atom stereocenters. The van der Waals surface area contributed by atoms with Gasteiger partial charge in [-0.15, -0.1) is 0 Å². The van der Waals surface area contributed by atoms with E-state index in [0.29, 0.717) is 5.41 Å². The Morgan fingerprint density at radius 1 is 0.889 bits per heavy atom. The summed E-state index contributed by atoms with van der Waals surface area (Å²) < 4.78 is 0. The van der Waals surface area contributed by atoms with Gasteiger partial charge >= 0.3 is 0 Å². The summed E-state index contributed by atoms with van der Waals surface area (Å²) in [5.74, 6) is 5.45. The van der Waals surface area contributed by atoms with Gasteiger partial charge in [-0.25, -0.2) is 0 Å². The number of rotatable bonds is 4. The van der Waals surface area contributed by atoms with E-state index >= 15 is 0 Å². The Hall–Kier alpha value is -0.0800. The van der Waals surface area contributed by atoms with Crippen molar-refractivity contribution in [1.29, 1.82) is 0 Å². The number of hydrogen-bond donors (Lipinski definition) is 2. The normalized spacial score (nSPS) is 50.0. The van der Waals surface area contributed by atoms with Gasteiger partial charge in [-0.1, -0.05) is 13.3 Å². The van der Waals surface area contributed by atoms with Crippen LogP contribution in [0.15, 0.2) is 0 Å². The highest BCUT2D eigenvalue weighted by Gasteiger charge is 2.57. The van der Waals surface area contributed by atoms with Gasteiger partial charge in [-0.05, 0) is 132 Å². The Bertz CT molecular complexity index is 533. The molecule has 0 spiro atoms. The van der Waals surface area contributed by atoms with Crippen molar-refractivity contribution in [2.24, 2.45) is 40.9 Å². The minimum Gasteiger partial charge on any atom is -0.390 e. The van der Waals surface area contributed by atoms with Crippen molar-refractivity contribution in [3.8, 4) is 0 Å². The Kier molecular flexibility index (Phi) is 5.25. The molecule has 0 radical (unpaired) electrons. The third-order valence-electron chi connectivity index (χ3n) is 9.77. The van der Waals surface area contributed by atoms with Crippen LogP contribution >= 0.6 is 0 Å². The maximum Gasteiger partial charge on any atom is 0.0622 e. The highest BCUT2D eigenvalue weighted by molar-refractivity contribution is 5.06. The fourth-order valence-electron chi connectivity index (χ4n) is 8.45. The molecular formula is C25H44O2. The van der Waals surface area contributed by atoms with Crippen LogP contribution in [-0.2, 0) is 0 Å². The summed E-state index contributed by atoms with van der Waals surface area (Å²) in [6.45, 7) is 8.62. The van der Waals surface area contributed by atoms with Crippen LogP contribution in [0, 0.1) is 40.9 Å². The molecule has 0 saturated heterocycles. The molecular weight excluding hydrogens is 332 g/mol. The fourth-order valence-corrected chi connectivity index (χ4v) is 8.45. The van der Waals surface area contributed by atoms with E-state index in [9.17, 15) is 10.2 Å². The van der Waals surface area contributed by atoms with E-state index < -0.39 is 11.2 Å². The maximum absolute atomic E-state index is 10.6. The number of aliphatic hydroxyl groups is 2. The van der Waals surface area contributed by atoms with Gasteiger partial charge in [0, 0.05) is 0 Å².